The summed E-state index contributed by atoms with van der Waals surface area (Å²) in [7, 11) is 0. The Morgan fingerprint density at radius 3 is 2.49 bits per heavy atom. The van der Waals surface area contributed by atoms with E-state index in [0.717, 1.165) is 80.2 Å². The molecule has 1 aliphatic rings. The van der Waals surface area contributed by atoms with Crippen LogP contribution in [0.3, 0.4) is 0 Å². The second-order valence-electron chi connectivity index (χ2n) is 10.4. The lowest BCUT2D eigenvalue weighted by Crippen LogP contribution is -2.46. The molecule has 5 rings (SSSR count). The Labute approximate surface area is 240 Å². The Morgan fingerprint density at radius 2 is 1.71 bits per heavy atom. The van der Waals surface area contributed by atoms with Gasteiger partial charge < -0.3 is 15.0 Å². The number of nitrogens with one attached hydrogen (secondary N) is 3. The molecule has 3 heterocycles. The van der Waals surface area contributed by atoms with Crippen molar-refractivity contribution in [3.8, 4) is 11.3 Å². The molecule has 4 N–H and O–H groups in total. The fourth-order valence-electron chi connectivity index (χ4n) is 5.08. The smallest absolute Gasteiger partial charge is 0.243 e. The molecule has 4 aromatic rings. The first-order valence-electron chi connectivity index (χ1n) is 14.3. The molecule has 1 fully saturated rings. The Morgan fingerprint density at radius 1 is 0.927 bits per heavy atom. The van der Waals surface area contributed by atoms with Gasteiger partial charge in [-0.05, 0) is 35.6 Å². The highest BCUT2D eigenvalue weighted by molar-refractivity contribution is 5.91. The van der Waals surface area contributed by atoms with Gasteiger partial charge in [0.2, 0.25) is 5.91 Å². The molecule has 1 saturated heterocycles. The standard InChI is InChI=1S/C31H39N7O3/c39-29(36-40)8-4-5-18-41-19-17-37-13-15-38(16-14-37)22-25-9-11-26(12-10-25)28-20-27-30(33-23-34-31(27)35-28)32-21-24-6-2-1-3-7-24/h1-3,6-7,9-12,20,23,40H,4-5,8,13-19,21-22H2,(H,36,39)(H2,32,33,34,35). The van der Waals surface area contributed by atoms with E-state index in [0.29, 0.717) is 26.2 Å². The molecule has 0 unspecified atom stereocenters. The van der Waals surface area contributed by atoms with Crippen molar-refractivity contribution in [1.29, 1.82) is 0 Å². The number of ether oxygens (including phenoxy) is 1. The number of carbonyl (C=O) groups is 1. The molecule has 10 nitrogen and oxygen atoms in total. The van der Waals surface area contributed by atoms with Gasteiger partial charge in [0, 0.05) is 64.5 Å². The van der Waals surface area contributed by atoms with Gasteiger partial charge in [-0.1, -0.05) is 54.6 Å². The second kappa shape index (κ2) is 14.7. The second-order valence-corrected chi connectivity index (χ2v) is 10.4. The minimum absolute atomic E-state index is 0.330. The maximum absolute atomic E-state index is 11.0. The lowest BCUT2D eigenvalue weighted by Gasteiger charge is -2.34. The van der Waals surface area contributed by atoms with E-state index in [1.165, 1.54) is 11.1 Å². The number of anilines is 1. The number of benzene rings is 2. The molecule has 216 valence electrons. The highest BCUT2D eigenvalue weighted by atomic mass is 16.5. The number of carbonyl (C=O) groups excluding carboxylic acids is 1. The molecule has 0 atom stereocenters. The number of rotatable bonds is 14. The van der Waals surface area contributed by atoms with Crippen molar-refractivity contribution in [3.63, 3.8) is 0 Å². The Bertz CT molecular complexity index is 1370. The van der Waals surface area contributed by atoms with E-state index in [4.69, 9.17) is 9.94 Å². The Kier molecular flexibility index (Phi) is 10.3. The van der Waals surface area contributed by atoms with Crippen LogP contribution in [0, 0.1) is 0 Å². The quantitative estimate of drug-likeness (QED) is 0.104. The first-order valence-corrected chi connectivity index (χ1v) is 14.3. The molecule has 0 spiro atoms. The largest absolute Gasteiger partial charge is 0.380 e. The van der Waals surface area contributed by atoms with Crippen molar-refractivity contribution in [2.45, 2.75) is 32.4 Å². The van der Waals surface area contributed by atoms with Gasteiger partial charge >= 0.3 is 0 Å². The van der Waals surface area contributed by atoms with Crippen LogP contribution in [-0.4, -0.2) is 81.8 Å². The fourth-order valence-corrected chi connectivity index (χ4v) is 5.08. The molecule has 0 saturated carbocycles. The molecule has 0 bridgehead atoms. The zero-order chi connectivity index (χ0) is 28.3. The number of nitrogens with zero attached hydrogens (tertiary/aromatic N) is 4. The minimum Gasteiger partial charge on any atom is -0.380 e. The number of piperazine rings is 1. The molecule has 1 amide bonds. The lowest BCUT2D eigenvalue weighted by atomic mass is 10.1. The number of unbranched alkanes of at least 4 members (excludes halogenated alkanes) is 1. The van der Waals surface area contributed by atoms with Crippen LogP contribution in [0.1, 0.15) is 30.4 Å². The number of hydroxylamine groups is 1. The number of aromatic nitrogens is 3. The number of hydrogen-bond donors (Lipinski definition) is 4. The summed E-state index contributed by atoms with van der Waals surface area (Å²) in [5.74, 6) is 0.485. The Balaban J connectivity index is 1.06. The van der Waals surface area contributed by atoms with Crippen molar-refractivity contribution in [2.24, 2.45) is 0 Å². The summed E-state index contributed by atoms with van der Waals surface area (Å²) in [5, 5.41) is 12.9. The van der Waals surface area contributed by atoms with Gasteiger partial charge in [0.25, 0.3) is 0 Å². The lowest BCUT2D eigenvalue weighted by molar-refractivity contribution is -0.129. The van der Waals surface area contributed by atoms with E-state index in [2.05, 4.69) is 72.5 Å². The number of hydrogen-bond acceptors (Lipinski definition) is 8. The van der Waals surface area contributed by atoms with Gasteiger partial charge in [-0.2, -0.15) is 0 Å². The molecular formula is C31H39N7O3. The van der Waals surface area contributed by atoms with Crippen molar-refractivity contribution < 1.29 is 14.7 Å². The van der Waals surface area contributed by atoms with E-state index < -0.39 is 0 Å². The predicted octanol–water partition coefficient (Wildman–Crippen LogP) is 4.05. The van der Waals surface area contributed by atoms with Crippen LogP contribution in [0.25, 0.3) is 22.3 Å². The third-order valence-corrected chi connectivity index (χ3v) is 7.48. The number of aromatic amines is 1. The number of fused-ring (bicyclic) bond motifs is 1. The van der Waals surface area contributed by atoms with Crippen LogP contribution in [0.4, 0.5) is 5.82 Å². The van der Waals surface area contributed by atoms with Gasteiger partial charge in [0.05, 0.1) is 12.0 Å². The van der Waals surface area contributed by atoms with E-state index >= 15 is 0 Å². The molecule has 10 heteroatoms. The molecule has 0 radical (unpaired) electrons. The summed E-state index contributed by atoms with van der Waals surface area (Å²) in [4.78, 5) is 28.3. The fraction of sp³-hybridized carbons (Fsp3) is 0.387. The predicted molar refractivity (Wildman–Crippen MR) is 159 cm³/mol. The van der Waals surface area contributed by atoms with Gasteiger partial charge in [0.15, 0.2) is 0 Å². The van der Waals surface area contributed by atoms with Crippen molar-refractivity contribution in [3.05, 3.63) is 78.1 Å². The first-order chi connectivity index (χ1) is 20.2. The van der Waals surface area contributed by atoms with Crippen LogP contribution in [0.15, 0.2) is 67.0 Å². The summed E-state index contributed by atoms with van der Waals surface area (Å²) in [5.41, 5.74) is 7.15. The van der Waals surface area contributed by atoms with Gasteiger partial charge in [-0.15, -0.1) is 0 Å². The maximum atomic E-state index is 11.0. The van der Waals surface area contributed by atoms with Gasteiger partial charge in [-0.25, -0.2) is 15.4 Å². The molecule has 2 aromatic heterocycles. The summed E-state index contributed by atoms with van der Waals surface area (Å²) < 4.78 is 5.72. The summed E-state index contributed by atoms with van der Waals surface area (Å²) >= 11 is 0. The molecule has 0 aliphatic carbocycles. The summed E-state index contributed by atoms with van der Waals surface area (Å²) in [6.07, 6.45) is 3.46. The molecule has 41 heavy (non-hydrogen) atoms. The average Bonchev–Trinajstić information content (AvgIpc) is 3.46. The van der Waals surface area contributed by atoms with E-state index in [1.54, 1.807) is 11.8 Å². The van der Waals surface area contributed by atoms with Crippen LogP contribution in [0.5, 0.6) is 0 Å². The van der Waals surface area contributed by atoms with Crippen molar-refractivity contribution in [2.75, 3.05) is 51.3 Å². The molecular weight excluding hydrogens is 518 g/mol. The average molecular weight is 558 g/mol. The van der Waals surface area contributed by atoms with Gasteiger partial charge in [-0.3, -0.25) is 19.8 Å². The normalized spacial score (nSPS) is 14.4. The van der Waals surface area contributed by atoms with E-state index in [1.807, 2.05) is 18.2 Å². The SMILES string of the molecule is O=C(CCCCOCCN1CCN(Cc2ccc(-c3cc4c(NCc5ccccc5)ncnc4[nH]3)cc2)CC1)NO. The summed E-state index contributed by atoms with van der Waals surface area (Å²) in [6.45, 7) is 8.08. The van der Waals surface area contributed by atoms with Crippen LogP contribution in [-0.2, 0) is 22.6 Å². The van der Waals surface area contributed by atoms with Crippen LogP contribution >= 0.6 is 0 Å². The maximum Gasteiger partial charge on any atom is 0.243 e. The third-order valence-electron chi connectivity index (χ3n) is 7.48. The zero-order valence-corrected chi connectivity index (χ0v) is 23.4. The van der Waals surface area contributed by atoms with Crippen molar-refractivity contribution >= 4 is 22.8 Å². The van der Waals surface area contributed by atoms with Crippen LogP contribution < -0.4 is 10.8 Å². The summed E-state index contributed by atoms with van der Waals surface area (Å²) in [6, 6.07) is 21.2. The third kappa shape index (κ3) is 8.34. The topological polar surface area (TPSA) is 119 Å². The number of amides is 1. The zero-order valence-electron chi connectivity index (χ0n) is 23.4. The van der Waals surface area contributed by atoms with E-state index in [9.17, 15) is 4.79 Å². The highest BCUT2D eigenvalue weighted by Crippen LogP contribution is 2.27. The molecule has 1 aliphatic heterocycles. The Hall–Kier alpha value is -3.83. The van der Waals surface area contributed by atoms with E-state index in [-0.39, 0.29) is 5.91 Å². The number of H-pyrrole nitrogens is 1. The van der Waals surface area contributed by atoms with Crippen LogP contribution in [0.2, 0.25) is 0 Å². The molecule has 2 aromatic carbocycles. The monoisotopic (exact) mass is 557 g/mol. The first kappa shape index (κ1) is 28.7. The minimum atomic E-state index is -0.343. The highest BCUT2D eigenvalue weighted by Gasteiger charge is 2.17. The van der Waals surface area contributed by atoms with Crippen molar-refractivity contribution in [1.82, 2.24) is 30.2 Å². The van der Waals surface area contributed by atoms with Gasteiger partial charge in [0.1, 0.15) is 17.8 Å².